The Labute approximate surface area is 159 Å². The highest BCUT2D eigenvalue weighted by molar-refractivity contribution is 7.99. The van der Waals surface area contributed by atoms with Gasteiger partial charge in [0.05, 0.1) is 17.2 Å². The summed E-state index contributed by atoms with van der Waals surface area (Å²) in [5, 5.41) is 22.4. The Balaban J connectivity index is 1.66. The summed E-state index contributed by atoms with van der Waals surface area (Å²) in [7, 11) is 0. The Morgan fingerprint density at radius 2 is 1.85 bits per heavy atom. The van der Waals surface area contributed by atoms with E-state index in [-0.39, 0.29) is 23.0 Å². The van der Waals surface area contributed by atoms with E-state index in [4.69, 9.17) is 0 Å². The fourth-order valence-electron chi connectivity index (χ4n) is 2.47. The van der Waals surface area contributed by atoms with Crippen molar-refractivity contribution in [1.82, 2.24) is 14.8 Å². The number of rotatable bonds is 7. The molecule has 0 aliphatic rings. The molecule has 3 aromatic rings. The zero-order valence-electron chi connectivity index (χ0n) is 14.5. The van der Waals surface area contributed by atoms with Gasteiger partial charge in [-0.05, 0) is 18.6 Å². The van der Waals surface area contributed by atoms with Gasteiger partial charge in [-0.25, -0.2) is 0 Å². The molecule has 0 aliphatic heterocycles. The van der Waals surface area contributed by atoms with E-state index in [9.17, 15) is 14.9 Å². The maximum absolute atomic E-state index is 12.2. The van der Waals surface area contributed by atoms with Crippen LogP contribution in [0.2, 0.25) is 0 Å². The Morgan fingerprint density at radius 1 is 1.15 bits per heavy atom. The minimum Gasteiger partial charge on any atom is -0.320 e. The summed E-state index contributed by atoms with van der Waals surface area (Å²) in [5.41, 5.74) is 1.14. The summed E-state index contributed by atoms with van der Waals surface area (Å²) in [4.78, 5) is 22.7. The number of aryl methyl sites for hydroxylation is 1. The number of carbonyl (C=O) groups excluding carboxylic acids is 1. The van der Waals surface area contributed by atoms with Gasteiger partial charge in [-0.2, -0.15) is 0 Å². The van der Waals surface area contributed by atoms with Gasteiger partial charge >= 0.3 is 0 Å². The molecule has 1 amide bonds. The van der Waals surface area contributed by atoms with Crippen LogP contribution in [0.4, 0.5) is 11.4 Å². The van der Waals surface area contributed by atoms with Crippen LogP contribution in [-0.4, -0.2) is 31.3 Å². The Bertz CT molecular complexity index is 959. The highest BCUT2D eigenvalue weighted by Gasteiger charge is 2.16. The summed E-state index contributed by atoms with van der Waals surface area (Å²) in [6, 6.07) is 15.9. The first-order valence-corrected chi connectivity index (χ1v) is 9.13. The monoisotopic (exact) mass is 383 g/mol. The second-order valence-corrected chi connectivity index (χ2v) is 6.66. The molecule has 0 aliphatic carbocycles. The number of para-hydroxylation sites is 2. The fraction of sp³-hybridized carbons (Fsp3) is 0.167. The van der Waals surface area contributed by atoms with Crippen molar-refractivity contribution in [2.24, 2.45) is 0 Å². The molecule has 1 heterocycles. The van der Waals surface area contributed by atoms with Crippen LogP contribution >= 0.6 is 11.8 Å². The number of nitrogens with zero attached hydrogens (tertiary/aromatic N) is 4. The number of nitrogens with one attached hydrogen (secondary N) is 1. The van der Waals surface area contributed by atoms with E-state index in [1.54, 1.807) is 12.1 Å². The molecule has 2 aromatic carbocycles. The predicted molar refractivity (Wildman–Crippen MR) is 103 cm³/mol. The van der Waals surface area contributed by atoms with Crippen LogP contribution in [0.3, 0.4) is 0 Å². The third kappa shape index (κ3) is 4.70. The zero-order chi connectivity index (χ0) is 19.2. The van der Waals surface area contributed by atoms with Crippen molar-refractivity contribution < 1.29 is 9.72 Å². The van der Waals surface area contributed by atoms with E-state index in [1.165, 1.54) is 23.9 Å². The molecule has 27 heavy (non-hydrogen) atoms. The van der Waals surface area contributed by atoms with Gasteiger partial charge in [-0.15, -0.1) is 10.2 Å². The van der Waals surface area contributed by atoms with Crippen molar-refractivity contribution in [2.75, 3.05) is 11.1 Å². The lowest BCUT2D eigenvalue weighted by molar-refractivity contribution is -0.383. The number of nitro benzene ring substituents is 1. The first kappa shape index (κ1) is 18.6. The van der Waals surface area contributed by atoms with Gasteiger partial charge in [-0.3, -0.25) is 14.9 Å². The highest BCUT2D eigenvalue weighted by Crippen LogP contribution is 2.24. The van der Waals surface area contributed by atoms with E-state index in [1.807, 2.05) is 41.8 Å². The first-order chi connectivity index (χ1) is 13.0. The number of benzene rings is 2. The lowest BCUT2D eigenvalue weighted by Gasteiger charge is -2.09. The SMILES string of the molecule is Cc1nnc(SCC(=O)Nc2ccccc2[N+](=O)[O-])n1Cc1ccccc1. The average Bonchev–Trinajstić information content (AvgIpc) is 3.01. The van der Waals surface area contributed by atoms with E-state index in [0.717, 1.165) is 11.4 Å². The number of amides is 1. The second-order valence-electron chi connectivity index (χ2n) is 5.71. The molecule has 3 rings (SSSR count). The second kappa shape index (κ2) is 8.45. The minimum atomic E-state index is -0.525. The third-order valence-electron chi connectivity index (χ3n) is 3.79. The van der Waals surface area contributed by atoms with Crippen LogP contribution < -0.4 is 5.32 Å². The number of thioether (sulfide) groups is 1. The fourth-order valence-corrected chi connectivity index (χ4v) is 3.25. The molecule has 9 heteroatoms. The van der Waals surface area contributed by atoms with Gasteiger partial charge in [-0.1, -0.05) is 54.2 Å². The molecule has 1 aromatic heterocycles. The number of nitro groups is 1. The van der Waals surface area contributed by atoms with Crippen LogP contribution in [0, 0.1) is 17.0 Å². The third-order valence-corrected chi connectivity index (χ3v) is 4.76. The van der Waals surface area contributed by atoms with Crippen LogP contribution in [0.15, 0.2) is 59.8 Å². The molecule has 138 valence electrons. The molecular weight excluding hydrogens is 366 g/mol. The summed E-state index contributed by atoms with van der Waals surface area (Å²) in [5.74, 6) is 0.473. The van der Waals surface area contributed by atoms with Crippen molar-refractivity contribution in [2.45, 2.75) is 18.6 Å². The molecule has 0 unspecified atom stereocenters. The van der Waals surface area contributed by atoms with Crippen molar-refractivity contribution in [3.8, 4) is 0 Å². The number of anilines is 1. The molecule has 0 atom stereocenters. The maximum atomic E-state index is 12.2. The van der Waals surface area contributed by atoms with Gasteiger partial charge in [0.1, 0.15) is 11.5 Å². The quantitative estimate of drug-likeness (QED) is 0.381. The van der Waals surface area contributed by atoms with Crippen LogP contribution in [-0.2, 0) is 11.3 Å². The highest BCUT2D eigenvalue weighted by atomic mass is 32.2. The number of aromatic nitrogens is 3. The first-order valence-electron chi connectivity index (χ1n) is 8.14. The Hall–Kier alpha value is -3.20. The zero-order valence-corrected chi connectivity index (χ0v) is 15.3. The molecule has 8 nitrogen and oxygen atoms in total. The van der Waals surface area contributed by atoms with Crippen molar-refractivity contribution in [1.29, 1.82) is 0 Å². The summed E-state index contributed by atoms with van der Waals surface area (Å²) >= 11 is 1.24. The summed E-state index contributed by atoms with van der Waals surface area (Å²) in [6.45, 7) is 2.46. The van der Waals surface area contributed by atoms with E-state index in [0.29, 0.717) is 11.7 Å². The van der Waals surface area contributed by atoms with Crippen molar-refractivity contribution in [3.05, 3.63) is 76.1 Å². The molecule has 0 spiro atoms. The van der Waals surface area contributed by atoms with Gasteiger partial charge in [0, 0.05) is 6.07 Å². The summed E-state index contributed by atoms with van der Waals surface area (Å²) < 4.78 is 1.93. The van der Waals surface area contributed by atoms with Crippen LogP contribution in [0.1, 0.15) is 11.4 Å². The molecule has 0 bridgehead atoms. The Morgan fingerprint density at radius 3 is 2.59 bits per heavy atom. The number of hydrogen-bond acceptors (Lipinski definition) is 6. The lowest BCUT2D eigenvalue weighted by Crippen LogP contribution is -2.15. The minimum absolute atomic E-state index is 0.0684. The molecule has 0 radical (unpaired) electrons. The molecule has 0 fully saturated rings. The largest absolute Gasteiger partial charge is 0.320 e. The van der Waals surface area contributed by atoms with Crippen molar-refractivity contribution in [3.63, 3.8) is 0 Å². The van der Waals surface area contributed by atoms with Gasteiger partial charge in [0.25, 0.3) is 5.69 Å². The van der Waals surface area contributed by atoms with Crippen LogP contribution in [0.25, 0.3) is 0 Å². The molecule has 0 saturated carbocycles. The smallest absolute Gasteiger partial charge is 0.292 e. The standard InChI is InChI=1S/C18H17N5O3S/c1-13-20-21-18(22(13)11-14-7-3-2-4-8-14)27-12-17(24)19-15-9-5-6-10-16(15)23(25)26/h2-10H,11-12H2,1H3,(H,19,24). The topological polar surface area (TPSA) is 103 Å². The normalized spacial score (nSPS) is 10.6. The molecule has 1 N–H and O–H groups in total. The van der Waals surface area contributed by atoms with E-state index < -0.39 is 4.92 Å². The summed E-state index contributed by atoms with van der Waals surface area (Å²) in [6.07, 6.45) is 0. The van der Waals surface area contributed by atoms with Gasteiger partial charge < -0.3 is 9.88 Å². The number of carbonyl (C=O) groups is 1. The van der Waals surface area contributed by atoms with E-state index >= 15 is 0 Å². The lowest BCUT2D eigenvalue weighted by atomic mass is 10.2. The predicted octanol–water partition coefficient (Wildman–Crippen LogP) is 3.27. The van der Waals surface area contributed by atoms with E-state index in [2.05, 4.69) is 15.5 Å². The number of hydrogen-bond donors (Lipinski definition) is 1. The van der Waals surface area contributed by atoms with Gasteiger partial charge in [0.2, 0.25) is 5.91 Å². The molecule has 0 saturated heterocycles. The van der Waals surface area contributed by atoms with Crippen molar-refractivity contribution >= 4 is 29.0 Å². The maximum Gasteiger partial charge on any atom is 0.292 e. The average molecular weight is 383 g/mol. The van der Waals surface area contributed by atoms with Crippen LogP contribution in [0.5, 0.6) is 0 Å². The molecular formula is C18H17N5O3S. The Kier molecular flexibility index (Phi) is 5.82. The van der Waals surface area contributed by atoms with Gasteiger partial charge in [0.15, 0.2) is 5.16 Å².